The number of rotatable bonds is 5. The van der Waals surface area contributed by atoms with Crippen LogP contribution in [-0.4, -0.2) is 62.2 Å². The number of hydrogen-bond donors (Lipinski definition) is 1. The summed E-state index contributed by atoms with van der Waals surface area (Å²) >= 11 is 0. The lowest BCUT2D eigenvalue weighted by Gasteiger charge is -2.34. The summed E-state index contributed by atoms with van der Waals surface area (Å²) in [5, 5.41) is 2.41. The Hall–Kier alpha value is -2.79. The fraction of sp³-hybridized carbons (Fsp3) is 0.294. The Morgan fingerprint density at radius 1 is 1.04 bits per heavy atom. The van der Waals surface area contributed by atoms with Crippen molar-refractivity contribution in [1.29, 1.82) is 0 Å². The van der Waals surface area contributed by atoms with Crippen molar-refractivity contribution < 1.29 is 31.2 Å². The number of carbonyl (C=O) groups is 2. The van der Waals surface area contributed by atoms with Crippen molar-refractivity contribution in [2.24, 2.45) is 0 Å². The van der Waals surface area contributed by atoms with Crippen LogP contribution in [-0.2, 0) is 14.8 Å². The normalized spacial score (nSPS) is 15.4. The molecular formula is C17H17F2N3O5S. The SMILES string of the molecule is O=C(NCC(=O)N1CCN(S(=O)(=O)c2c(F)cccc2F)CC1)c1ccco1. The summed E-state index contributed by atoms with van der Waals surface area (Å²) in [7, 11) is -4.36. The van der Waals surface area contributed by atoms with Gasteiger partial charge in [0.05, 0.1) is 12.8 Å². The van der Waals surface area contributed by atoms with Crippen LogP contribution >= 0.6 is 0 Å². The fourth-order valence-electron chi connectivity index (χ4n) is 2.80. The highest BCUT2D eigenvalue weighted by molar-refractivity contribution is 7.89. The molecule has 1 aromatic carbocycles. The van der Waals surface area contributed by atoms with Crippen LogP contribution in [0.3, 0.4) is 0 Å². The molecule has 1 aromatic heterocycles. The number of nitrogens with zero attached hydrogens (tertiary/aromatic N) is 2. The van der Waals surface area contributed by atoms with E-state index in [0.717, 1.165) is 22.5 Å². The monoisotopic (exact) mass is 413 g/mol. The molecule has 0 aliphatic carbocycles. The first-order valence-electron chi connectivity index (χ1n) is 8.34. The number of benzene rings is 1. The summed E-state index contributed by atoms with van der Waals surface area (Å²) in [5.41, 5.74) is 0. The summed E-state index contributed by atoms with van der Waals surface area (Å²) < 4.78 is 58.6. The minimum absolute atomic E-state index is 0.0325. The zero-order valence-corrected chi connectivity index (χ0v) is 15.4. The molecule has 0 unspecified atom stereocenters. The molecule has 11 heteroatoms. The summed E-state index contributed by atoms with van der Waals surface area (Å²) in [4.78, 5) is 24.3. The van der Waals surface area contributed by atoms with Gasteiger partial charge in [0.2, 0.25) is 15.9 Å². The van der Waals surface area contributed by atoms with Gasteiger partial charge in [-0.1, -0.05) is 6.07 Å². The average Bonchev–Trinajstić information content (AvgIpc) is 3.20. The minimum atomic E-state index is -4.36. The maximum atomic E-state index is 13.8. The maximum Gasteiger partial charge on any atom is 0.287 e. The van der Waals surface area contributed by atoms with Gasteiger partial charge in [0, 0.05) is 26.2 Å². The second-order valence-electron chi connectivity index (χ2n) is 6.00. The van der Waals surface area contributed by atoms with Gasteiger partial charge in [-0.2, -0.15) is 4.31 Å². The van der Waals surface area contributed by atoms with Crippen LogP contribution in [0.5, 0.6) is 0 Å². The second kappa shape index (κ2) is 8.07. The van der Waals surface area contributed by atoms with E-state index in [1.54, 1.807) is 0 Å². The van der Waals surface area contributed by atoms with E-state index >= 15 is 0 Å². The molecule has 1 saturated heterocycles. The number of amides is 2. The van der Waals surface area contributed by atoms with Crippen molar-refractivity contribution in [2.45, 2.75) is 4.90 Å². The summed E-state index contributed by atoms with van der Waals surface area (Å²) in [6.07, 6.45) is 1.33. The lowest BCUT2D eigenvalue weighted by Crippen LogP contribution is -2.52. The Kier molecular flexibility index (Phi) is 5.75. The van der Waals surface area contributed by atoms with E-state index in [-0.39, 0.29) is 38.5 Å². The number of nitrogens with one attached hydrogen (secondary N) is 1. The van der Waals surface area contributed by atoms with Gasteiger partial charge in [-0.3, -0.25) is 9.59 Å². The standard InChI is InChI=1S/C17H17F2N3O5S/c18-12-3-1-4-13(19)16(12)28(25,26)22-8-6-21(7-9-22)15(23)11-20-17(24)14-5-2-10-27-14/h1-5,10H,6-9,11H2,(H,20,24). The van der Waals surface area contributed by atoms with Gasteiger partial charge in [0.25, 0.3) is 5.91 Å². The van der Waals surface area contributed by atoms with Crippen LogP contribution in [0.2, 0.25) is 0 Å². The number of furan rings is 1. The van der Waals surface area contributed by atoms with E-state index in [1.165, 1.54) is 23.3 Å². The average molecular weight is 413 g/mol. The molecule has 1 aliphatic rings. The van der Waals surface area contributed by atoms with E-state index in [4.69, 9.17) is 4.42 Å². The lowest BCUT2D eigenvalue weighted by atomic mass is 10.3. The van der Waals surface area contributed by atoms with Crippen LogP contribution in [0.25, 0.3) is 0 Å². The molecule has 2 amide bonds. The zero-order valence-electron chi connectivity index (χ0n) is 14.6. The Bertz CT molecular complexity index is 950. The molecule has 0 spiro atoms. The van der Waals surface area contributed by atoms with Crippen molar-refractivity contribution in [3.8, 4) is 0 Å². The predicted molar refractivity (Wildman–Crippen MR) is 92.7 cm³/mol. The highest BCUT2D eigenvalue weighted by Gasteiger charge is 2.34. The first-order chi connectivity index (χ1) is 13.3. The van der Waals surface area contributed by atoms with Gasteiger partial charge >= 0.3 is 0 Å². The summed E-state index contributed by atoms with van der Waals surface area (Å²) in [6, 6.07) is 5.81. The van der Waals surface area contributed by atoms with Crippen molar-refractivity contribution in [3.63, 3.8) is 0 Å². The summed E-state index contributed by atoms with van der Waals surface area (Å²) in [5.74, 6) is -3.22. The third kappa shape index (κ3) is 4.04. The van der Waals surface area contributed by atoms with E-state index in [9.17, 15) is 26.8 Å². The smallest absolute Gasteiger partial charge is 0.287 e. The van der Waals surface area contributed by atoms with Crippen molar-refractivity contribution in [3.05, 3.63) is 54.0 Å². The van der Waals surface area contributed by atoms with Crippen LogP contribution in [0.15, 0.2) is 45.9 Å². The first kappa shape index (κ1) is 20.0. The quantitative estimate of drug-likeness (QED) is 0.783. The minimum Gasteiger partial charge on any atom is -0.459 e. The van der Waals surface area contributed by atoms with Crippen LogP contribution in [0.1, 0.15) is 10.6 Å². The molecule has 0 atom stereocenters. The Morgan fingerprint density at radius 3 is 2.25 bits per heavy atom. The van der Waals surface area contributed by atoms with Crippen molar-refractivity contribution >= 4 is 21.8 Å². The molecule has 0 bridgehead atoms. The van der Waals surface area contributed by atoms with E-state index in [2.05, 4.69) is 5.32 Å². The van der Waals surface area contributed by atoms with Crippen LogP contribution < -0.4 is 5.32 Å². The predicted octanol–water partition coefficient (Wildman–Crippen LogP) is 0.821. The summed E-state index contributed by atoms with van der Waals surface area (Å²) in [6.45, 7) is -0.453. The number of halogens is 2. The topological polar surface area (TPSA) is 99.9 Å². The molecule has 2 heterocycles. The molecular weight excluding hydrogens is 396 g/mol. The van der Waals surface area contributed by atoms with E-state index < -0.39 is 38.4 Å². The Balaban J connectivity index is 1.58. The van der Waals surface area contributed by atoms with Crippen molar-refractivity contribution in [1.82, 2.24) is 14.5 Å². The molecule has 3 rings (SSSR count). The van der Waals surface area contributed by atoms with Crippen LogP contribution in [0.4, 0.5) is 8.78 Å². The molecule has 150 valence electrons. The molecule has 0 radical (unpaired) electrons. The van der Waals surface area contributed by atoms with Gasteiger partial charge in [0.1, 0.15) is 11.6 Å². The van der Waals surface area contributed by atoms with Gasteiger partial charge in [0.15, 0.2) is 10.7 Å². The van der Waals surface area contributed by atoms with Crippen LogP contribution in [0, 0.1) is 11.6 Å². The van der Waals surface area contributed by atoms with Crippen molar-refractivity contribution in [2.75, 3.05) is 32.7 Å². The number of sulfonamides is 1. The molecule has 1 aliphatic heterocycles. The zero-order chi connectivity index (χ0) is 20.3. The van der Waals surface area contributed by atoms with Gasteiger partial charge < -0.3 is 14.6 Å². The first-order valence-corrected chi connectivity index (χ1v) is 9.78. The molecule has 8 nitrogen and oxygen atoms in total. The molecule has 2 aromatic rings. The molecule has 1 N–H and O–H groups in total. The number of piperazine rings is 1. The van der Waals surface area contributed by atoms with Gasteiger partial charge in [-0.05, 0) is 24.3 Å². The van der Waals surface area contributed by atoms with Gasteiger partial charge in [-0.25, -0.2) is 17.2 Å². The molecule has 1 fully saturated rings. The highest BCUT2D eigenvalue weighted by atomic mass is 32.2. The number of hydrogen-bond acceptors (Lipinski definition) is 5. The Labute approximate surface area is 159 Å². The third-order valence-electron chi connectivity index (χ3n) is 4.25. The molecule has 0 saturated carbocycles. The lowest BCUT2D eigenvalue weighted by molar-refractivity contribution is -0.131. The highest BCUT2D eigenvalue weighted by Crippen LogP contribution is 2.23. The third-order valence-corrected chi connectivity index (χ3v) is 6.20. The van der Waals surface area contributed by atoms with E-state index in [1.807, 2.05) is 0 Å². The maximum absolute atomic E-state index is 13.8. The fourth-order valence-corrected chi connectivity index (χ4v) is 4.33. The molecule has 28 heavy (non-hydrogen) atoms. The van der Waals surface area contributed by atoms with Gasteiger partial charge in [-0.15, -0.1) is 0 Å². The number of carbonyl (C=O) groups excluding carboxylic acids is 2. The Morgan fingerprint density at radius 2 is 1.68 bits per heavy atom. The second-order valence-corrected chi connectivity index (χ2v) is 7.87. The largest absolute Gasteiger partial charge is 0.459 e. The van der Waals surface area contributed by atoms with E-state index in [0.29, 0.717) is 0 Å².